The van der Waals surface area contributed by atoms with Gasteiger partial charge in [-0.1, -0.05) is 5.21 Å². The smallest absolute Gasteiger partial charge is 0.225 e. The van der Waals surface area contributed by atoms with Crippen molar-refractivity contribution in [3.63, 3.8) is 0 Å². The minimum Gasteiger partial charge on any atom is -0.390 e. The van der Waals surface area contributed by atoms with Crippen LogP contribution in [0.5, 0.6) is 0 Å². The predicted molar refractivity (Wildman–Crippen MR) is 76.7 cm³/mol. The van der Waals surface area contributed by atoms with Crippen molar-refractivity contribution in [2.24, 2.45) is 0 Å². The van der Waals surface area contributed by atoms with E-state index in [1.165, 1.54) is 0 Å². The van der Waals surface area contributed by atoms with Gasteiger partial charge in [0.05, 0.1) is 30.6 Å². The van der Waals surface area contributed by atoms with E-state index in [0.29, 0.717) is 17.7 Å². The molecule has 1 fully saturated rings. The molecule has 0 unspecified atom stereocenters. The third-order valence-corrected chi connectivity index (χ3v) is 3.85. The highest BCUT2D eigenvalue weighted by molar-refractivity contribution is 5.34. The monoisotopic (exact) mass is 289 g/mol. The molecule has 0 aromatic carbocycles. The van der Waals surface area contributed by atoms with Crippen LogP contribution in [0.3, 0.4) is 0 Å². The summed E-state index contributed by atoms with van der Waals surface area (Å²) in [7, 11) is 4.12. The Labute approximate surface area is 123 Å². The third kappa shape index (κ3) is 2.72. The molecule has 8 nitrogen and oxygen atoms in total. The van der Waals surface area contributed by atoms with Crippen molar-refractivity contribution in [3.8, 4) is 0 Å². The second-order valence-electron chi connectivity index (χ2n) is 5.39. The fourth-order valence-corrected chi connectivity index (χ4v) is 2.72. The summed E-state index contributed by atoms with van der Waals surface area (Å²) in [5.74, 6) is 0.649. The van der Waals surface area contributed by atoms with Crippen LogP contribution in [0.15, 0.2) is 24.7 Å². The molecule has 0 radical (unpaired) electrons. The molecule has 1 saturated heterocycles. The first-order valence-electron chi connectivity index (χ1n) is 6.89. The topological polar surface area (TPSA) is 83.2 Å². The van der Waals surface area contributed by atoms with E-state index in [1.54, 1.807) is 18.5 Å². The van der Waals surface area contributed by atoms with Gasteiger partial charge in [0, 0.05) is 25.5 Å². The molecule has 1 N–H and O–H groups in total. The number of aromatic nitrogens is 5. The summed E-state index contributed by atoms with van der Waals surface area (Å²) in [6.07, 6.45) is 5.26. The van der Waals surface area contributed by atoms with Crippen molar-refractivity contribution in [3.05, 3.63) is 30.4 Å². The zero-order valence-corrected chi connectivity index (χ0v) is 12.2. The predicted octanol–water partition coefficient (Wildman–Crippen LogP) is -0.448. The molecule has 0 bridgehead atoms. The molecule has 2 aromatic rings. The zero-order valence-electron chi connectivity index (χ0n) is 12.2. The van der Waals surface area contributed by atoms with Gasteiger partial charge in [-0.05, 0) is 20.2 Å². The van der Waals surface area contributed by atoms with Crippen LogP contribution in [0.2, 0.25) is 0 Å². The van der Waals surface area contributed by atoms with Crippen LogP contribution in [0.1, 0.15) is 11.7 Å². The molecule has 8 heteroatoms. The number of likely N-dealkylation sites (N-methyl/N-ethyl adjacent to an activating group) is 1. The van der Waals surface area contributed by atoms with E-state index in [2.05, 4.69) is 44.2 Å². The standard InChI is InChI=1S/C13H19N7O/c1-18(2)11-7-19(8-12(11)20-6-5-15-17-20)13-14-4-3-10(9-21)16-13/h3-6,11-12,21H,7-9H2,1-2H3/t11-,12+/m1/s1. The van der Waals surface area contributed by atoms with Gasteiger partial charge in [-0.2, -0.15) is 0 Å². The molecular formula is C13H19N7O. The van der Waals surface area contributed by atoms with Gasteiger partial charge in [0.15, 0.2) is 0 Å². The van der Waals surface area contributed by atoms with Crippen molar-refractivity contribution in [2.45, 2.75) is 18.7 Å². The fourth-order valence-electron chi connectivity index (χ4n) is 2.72. The first kappa shape index (κ1) is 13.9. The molecule has 1 aliphatic heterocycles. The quantitative estimate of drug-likeness (QED) is 0.816. The van der Waals surface area contributed by atoms with Gasteiger partial charge in [0.2, 0.25) is 5.95 Å². The van der Waals surface area contributed by atoms with Crippen molar-refractivity contribution < 1.29 is 5.11 Å². The molecule has 1 aliphatic rings. The van der Waals surface area contributed by atoms with Crippen LogP contribution in [-0.4, -0.2) is 68.2 Å². The highest BCUT2D eigenvalue weighted by Gasteiger charge is 2.37. The molecule has 2 aromatic heterocycles. The summed E-state index contributed by atoms with van der Waals surface area (Å²) < 4.78 is 1.89. The zero-order chi connectivity index (χ0) is 14.8. The SMILES string of the molecule is CN(C)[C@@H]1CN(c2nccc(CO)n2)C[C@@H]1n1ccnn1. The normalized spacial score (nSPS) is 22.2. The number of hydrogen-bond donors (Lipinski definition) is 1. The molecular weight excluding hydrogens is 270 g/mol. The Balaban J connectivity index is 1.85. The van der Waals surface area contributed by atoms with Gasteiger partial charge < -0.3 is 14.9 Å². The van der Waals surface area contributed by atoms with E-state index >= 15 is 0 Å². The van der Waals surface area contributed by atoms with Gasteiger partial charge in [-0.15, -0.1) is 5.10 Å². The summed E-state index contributed by atoms with van der Waals surface area (Å²) in [5.41, 5.74) is 0.630. The minimum absolute atomic E-state index is 0.0764. The summed E-state index contributed by atoms with van der Waals surface area (Å²) >= 11 is 0. The number of hydrogen-bond acceptors (Lipinski definition) is 7. The van der Waals surface area contributed by atoms with E-state index < -0.39 is 0 Å². The fraction of sp³-hybridized carbons (Fsp3) is 0.538. The molecule has 21 heavy (non-hydrogen) atoms. The van der Waals surface area contributed by atoms with Gasteiger partial charge in [0.1, 0.15) is 0 Å². The van der Waals surface area contributed by atoms with Crippen LogP contribution < -0.4 is 4.90 Å². The third-order valence-electron chi connectivity index (χ3n) is 3.85. The van der Waals surface area contributed by atoms with Crippen molar-refractivity contribution in [1.29, 1.82) is 0 Å². The maximum Gasteiger partial charge on any atom is 0.225 e. The Kier molecular flexibility index (Phi) is 3.80. The average molecular weight is 289 g/mol. The Hall–Kier alpha value is -2.06. The number of aliphatic hydroxyl groups excluding tert-OH is 1. The lowest BCUT2D eigenvalue weighted by atomic mass is 10.1. The molecule has 0 saturated carbocycles. The summed E-state index contributed by atoms with van der Waals surface area (Å²) in [6.45, 7) is 1.50. The molecule has 0 spiro atoms. The molecule has 0 aliphatic carbocycles. The highest BCUT2D eigenvalue weighted by Crippen LogP contribution is 2.27. The molecule has 112 valence electrons. The Morgan fingerprint density at radius 1 is 1.33 bits per heavy atom. The van der Waals surface area contributed by atoms with Gasteiger partial charge in [-0.25, -0.2) is 14.6 Å². The average Bonchev–Trinajstić information content (AvgIpc) is 3.16. The van der Waals surface area contributed by atoms with E-state index in [9.17, 15) is 5.11 Å². The Bertz CT molecular complexity index is 586. The second kappa shape index (κ2) is 5.74. The van der Waals surface area contributed by atoms with Crippen LogP contribution in [-0.2, 0) is 6.61 Å². The number of aliphatic hydroxyl groups is 1. The van der Waals surface area contributed by atoms with Gasteiger partial charge in [0.25, 0.3) is 0 Å². The van der Waals surface area contributed by atoms with E-state index in [1.807, 2.05) is 10.9 Å². The number of anilines is 1. The van der Waals surface area contributed by atoms with Crippen molar-refractivity contribution in [1.82, 2.24) is 29.9 Å². The summed E-state index contributed by atoms with van der Waals surface area (Å²) in [4.78, 5) is 13.0. The van der Waals surface area contributed by atoms with Crippen LogP contribution in [0, 0.1) is 0 Å². The van der Waals surface area contributed by atoms with Crippen molar-refractivity contribution >= 4 is 5.95 Å². The van der Waals surface area contributed by atoms with E-state index in [-0.39, 0.29) is 12.6 Å². The lowest BCUT2D eigenvalue weighted by Crippen LogP contribution is -2.36. The van der Waals surface area contributed by atoms with E-state index in [0.717, 1.165) is 13.1 Å². The van der Waals surface area contributed by atoms with Crippen molar-refractivity contribution in [2.75, 3.05) is 32.1 Å². The van der Waals surface area contributed by atoms with Gasteiger partial charge >= 0.3 is 0 Å². The maximum atomic E-state index is 9.21. The second-order valence-corrected chi connectivity index (χ2v) is 5.39. The Morgan fingerprint density at radius 3 is 2.86 bits per heavy atom. The van der Waals surface area contributed by atoms with Crippen LogP contribution in [0.25, 0.3) is 0 Å². The van der Waals surface area contributed by atoms with E-state index in [4.69, 9.17) is 0 Å². The maximum absolute atomic E-state index is 9.21. The molecule has 3 rings (SSSR count). The first-order chi connectivity index (χ1) is 10.2. The summed E-state index contributed by atoms with van der Waals surface area (Å²) in [5, 5.41) is 17.2. The highest BCUT2D eigenvalue weighted by atomic mass is 16.3. The Morgan fingerprint density at radius 2 is 2.19 bits per heavy atom. The molecule has 0 amide bonds. The molecule has 3 heterocycles. The van der Waals surface area contributed by atoms with Crippen LogP contribution >= 0.6 is 0 Å². The van der Waals surface area contributed by atoms with Crippen LogP contribution in [0.4, 0.5) is 5.95 Å². The number of rotatable bonds is 4. The largest absolute Gasteiger partial charge is 0.390 e. The number of nitrogens with zero attached hydrogens (tertiary/aromatic N) is 7. The molecule has 2 atom stereocenters. The minimum atomic E-state index is -0.0764. The summed E-state index contributed by atoms with van der Waals surface area (Å²) in [6, 6.07) is 2.22. The van der Waals surface area contributed by atoms with Gasteiger partial charge in [-0.3, -0.25) is 0 Å². The first-order valence-corrected chi connectivity index (χ1v) is 6.89. The lowest BCUT2D eigenvalue weighted by molar-refractivity contribution is 0.243. The lowest BCUT2D eigenvalue weighted by Gasteiger charge is -2.24.